The molecule has 0 N–H and O–H groups in total. The highest BCUT2D eigenvalue weighted by atomic mass is 35.7. The topological polar surface area (TPSA) is 36.9 Å². The summed E-state index contributed by atoms with van der Waals surface area (Å²) in [6, 6.07) is 1.77. The van der Waals surface area contributed by atoms with Gasteiger partial charge in [-0.25, -0.2) is 0 Å². The molecule has 1 aromatic rings. The Labute approximate surface area is 86.6 Å². The van der Waals surface area contributed by atoms with E-state index in [2.05, 4.69) is 0 Å². The molecule has 3 rings (SSSR count). The third kappa shape index (κ3) is 1.04. The van der Waals surface area contributed by atoms with Gasteiger partial charge in [0.2, 0.25) is 13.6 Å². The lowest BCUT2D eigenvalue weighted by molar-refractivity contribution is 0.167. The van der Waals surface area contributed by atoms with Crippen LogP contribution in [0, 0.1) is 0 Å². The average molecular weight is 233 g/mol. The van der Waals surface area contributed by atoms with E-state index >= 15 is 0 Å². The van der Waals surface area contributed by atoms with Crippen molar-refractivity contribution in [3.8, 4) is 23.0 Å². The lowest BCUT2D eigenvalue weighted by atomic mass is 10.3. The van der Waals surface area contributed by atoms with Gasteiger partial charge >= 0.3 is 0 Å². The van der Waals surface area contributed by atoms with Gasteiger partial charge in [-0.3, -0.25) is 0 Å². The first-order valence-corrected chi connectivity index (χ1v) is 6.00. The highest BCUT2D eigenvalue weighted by molar-refractivity contribution is 7.75. The standard InChI is InChI=1S/C8H6ClO4P/c9-14-8-6-4(10-2-12-6)1-5-7(8)13-3-11-5/h1,14H,2-3H2. The van der Waals surface area contributed by atoms with E-state index in [-0.39, 0.29) is 21.5 Å². The number of rotatable bonds is 1. The van der Waals surface area contributed by atoms with Crippen LogP contribution in [0.5, 0.6) is 23.0 Å². The molecule has 2 aliphatic rings. The van der Waals surface area contributed by atoms with Gasteiger partial charge < -0.3 is 18.9 Å². The van der Waals surface area contributed by atoms with Crippen molar-refractivity contribution in [2.24, 2.45) is 0 Å². The number of halogens is 1. The van der Waals surface area contributed by atoms with Crippen LogP contribution in [0.15, 0.2) is 6.07 Å². The van der Waals surface area contributed by atoms with Gasteiger partial charge in [0, 0.05) is 14.0 Å². The fraction of sp³-hybridized carbons (Fsp3) is 0.250. The quantitative estimate of drug-likeness (QED) is 0.690. The number of hydrogen-bond donors (Lipinski definition) is 0. The molecule has 0 radical (unpaired) electrons. The summed E-state index contributed by atoms with van der Waals surface area (Å²) in [6.07, 6.45) is 0. The Kier molecular flexibility index (Phi) is 1.85. The molecule has 2 heterocycles. The van der Waals surface area contributed by atoms with Crippen LogP contribution in [0.25, 0.3) is 0 Å². The van der Waals surface area contributed by atoms with Gasteiger partial charge in [-0.05, 0) is 0 Å². The molecule has 6 heteroatoms. The smallest absolute Gasteiger partial charge is 0.231 e. The van der Waals surface area contributed by atoms with Crippen molar-refractivity contribution < 1.29 is 18.9 Å². The fourth-order valence-electron chi connectivity index (χ4n) is 1.49. The van der Waals surface area contributed by atoms with Crippen molar-refractivity contribution >= 4 is 24.5 Å². The van der Waals surface area contributed by atoms with Crippen LogP contribution in [0.4, 0.5) is 0 Å². The van der Waals surface area contributed by atoms with Crippen LogP contribution in [0.3, 0.4) is 0 Å². The second-order valence-electron chi connectivity index (χ2n) is 2.81. The van der Waals surface area contributed by atoms with Crippen LogP contribution >= 0.6 is 19.2 Å². The third-order valence-corrected chi connectivity index (χ3v) is 3.30. The van der Waals surface area contributed by atoms with E-state index in [1.54, 1.807) is 6.07 Å². The molecule has 0 bridgehead atoms. The van der Waals surface area contributed by atoms with Crippen molar-refractivity contribution in [3.63, 3.8) is 0 Å². The van der Waals surface area contributed by atoms with E-state index in [0.717, 1.165) is 5.30 Å². The second-order valence-corrected chi connectivity index (χ2v) is 4.07. The molecular formula is C8H6ClO4P. The zero-order valence-corrected chi connectivity index (χ0v) is 8.76. The second kappa shape index (κ2) is 3.07. The predicted octanol–water partition coefficient (Wildman–Crippen LogP) is 1.60. The van der Waals surface area contributed by atoms with E-state index in [1.165, 1.54) is 0 Å². The summed E-state index contributed by atoms with van der Waals surface area (Å²) in [6.45, 7) is 0.458. The highest BCUT2D eigenvalue weighted by Crippen LogP contribution is 2.46. The first kappa shape index (κ1) is 8.45. The Balaban J connectivity index is 2.24. The average Bonchev–Trinajstić information content (AvgIpc) is 2.80. The first-order chi connectivity index (χ1) is 6.90. The molecule has 0 spiro atoms. The van der Waals surface area contributed by atoms with Crippen molar-refractivity contribution in [1.82, 2.24) is 0 Å². The summed E-state index contributed by atoms with van der Waals surface area (Å²) in [5.74, 6) is 2.72. The number of fused-ring (bicyclic) bond motifs is 2. The molecular weight excluding hydrogens is 227 g/mol. The molecule has 2 aliphatic heterocycles. The Hall–Kier alpha value is -0.860. The van der Waals surface area contributed by atoms with Gasteiger partial charge in [-0.2, -0.15) is 0 Å². The summed E-state index contributed by atoms with van der Waals surface area (Å²) < 4.78 is 21.1. The number of benzene rings is 1. The molecule has 4 nitrogen and oxygen atoms in total. The van der Waals surface area contributed by atoms with Crippen molar-refractivity contribution in [2.45, 2.75) is 0 Å². The SMILES string of the molecule is ClPc1c2c(cc3c1OCO3)OCO2. The van der Waals surface area contributed by atoms with Gasteiger partial charge in [-0.15, -0.1) is 0 Å². The highest BCUT2D eigenvalue weighted by Gasteiger charge is 2.28. The van der Waals surface area contributed by atoms with E-state index < -0.39 is 0 Å². The summed E-state index contributed by atoms with van der Waals surface area (Å²) >= 11 is 5.85. The molecule has 14 heavy (non-hydrogen) atoms. The maximum absolute atomic E-state index is 5.85. The number of hydrogen-bond acceptors (Lipinski definition) is 4. The van der Waals surface area contributed by atoms with E-state index in [0.29, 0.717) is 23.0 Å². The van der Waals surface area contributed by atoms with Crippen LogP contribution in [-0.2, 0) is 0 Å². The molecule has 0 aromatic heterocycles. The van der Waals surface area contributed by atoms with Gasteiger partial charge in [0.15, 0.2) is 23.0 Å². The summed E-state index contributed by atoms with van der Waals surface area (Å²) in [5, 5.41) is 0.828. The Morgan fingerprint density at radius 1 is 1.00 bits per heavy atom. The molecule has 0 amide bonds. The van der Waals surface area contributed by atoms with Crippen LogP contribution in [0.2, 0.25) is 0 Å². The van der Waals surface area contributed by atoms with Crippen LogP contribution in [-0.4, -0.2) is 13.6 Å². The normalized spacial score (nSPS) is 16.9. The van der Waals surface area contributed by atoms with Crippen molar-refractivity contribution in [2.75, 3.05) is 13.6 Å². The number of ether oxygens (including phenoxy) is 4. The largest absolute Gasteiger partial charge is 0.453 e. The van der Waals surface area contributed by atoms with Crippen molar-refractivity contribution in [1.29, 1.82) is 0 Å². The maximum Gasteiger partial charge on any atom is 0.231 e. The Morgan fingerprint density at radius 3 is 2.07 bits per heavy atom. The Morgan fingerprint density at radius 2 is 1.57 bits per heavy atom. The van der Waals surface area contributed by atoms with Gasteiger partial charge in [0.05, 0.1) is 5.30 Å². The molecule has 0 aliphatic carbocycles. The summed E-state index contributed by atoms with van der Waals surface area (Å²) in [4.78, 5) is 0. The van der Waals surface area contributed by atoms with E-state index in [9.17, 15) is 0 Å². The summed E-state index contributed by atoms with van der Waals surface area (Å²) in [5.41, 5.74) is 0. The van der Waals surface area contributed by atoms with Gasteiger partial charge in [0.25, 0.3) is 0 Å². The minimum Gasteiger partial charge on any atom is -0.453 e. The van der Waals surface area contributed by atoms with Crippen LogP contribution in [0.1, 0.15) is 0 Å². The predicted molar refractivity (Wildman–Crippen MR) is 52.5 cm³/mol. The minimum absolute atomic E-state index is 0.0763. The molecule has 1 atom stereocenters. The molecule has 74 valence electrons. The maximum atomic E-state index is 5.85. The Bertz CT molecular complexity index is 363. The minimum atomic E-state index is 0.0763. The lowest BCUT2D eigenvalue weighted by Crippen LogP contribution is -2.02. The molecule has 0 fully saturated rings. The third-order valence-electron chi connectivity index (χ3n) is 2.09. The fourth-order valence-corrected chi connectivity index (χ4v) is 2.57. The van der Waals surface area contributed by atoms with Gasteiger partial charge in [-0.1, -0.05) is 11.2 Å². The van der Waals surface area contributed by atoms with E-state index in [1.807, 2.05) is 0 Å². The summed E-state index contributed by atoms with van der Waals surface area (Å²) in [7, 11) is 0.0763. The zero-order chi connectivity index (χ0) is 9.54. The lowest BCUT2D eigenvalue weighted by Gasteiger charge is -2.05. The van der Waals surface area contributed by atoms with Crippen molar-refractivity contribution in [3.05, 3.63) is 6.07 Å². The molecule has 1 unspecified atom stereocenters. The van der Waals surface area contributed by atoms with Gasteiger partial charge in [0.1, 0.15) is 0 Å². The van der Waals surface area contributed by atoms with E-state index in [4.69, 9.17) is 30.2 Å². The molecule has 1 aromatic carbocycles. The first-order valence-electron chi connectivity index (χ1n) is 3.99. The monoisotopic (exact) mass is 232 g/mol. The van der Waals surface area contributed by atoms with Crippen LogP contribution < -0.4 is 24.3 Å². The zero-order valence-electron chi connectivity index (χ0n) is 7.00. The molecule has 0 saturated heterocycles. The molecule has 0 saturated carbocycles.